The molecule has 1 N–H and O–H groups in total. The number of carbonyl (C=O) groups excluding carboxylic acids is 4. The zero-order valence-corrected chi connectivity index (χ0v) is 12.1. The summed E-state index contributed by atoms with van der Waals surface area (Å²) in [6.45, 7) is 2.77. The highest BCUT2D eigenvalue weighted by molar-refractivity contribution is 6.01. The molecule has 0 saturated carbocycles. The Hall–Kier alpha value is -1.96. The lowest BCUT2D eigenvalue weighted by Crippen LogP contribution is -2.31. The predicted molar refractivity (Wildman–Crippen MR) is 70.5 cm³/mol. The molecule has 0 aromatic heterocycles. The summed E-state index contributed by atoms with van der Waals surface area (Å²) in [5, 5.41) is 3.14. The third-order valence-electron chi connectivity index (χ3n) is 2.74. The van der Waals surface area contributed by atoms with Crippen LogP contribution in [0.3, 0.4) is 0 Å². The van der Waals surface area contributed by atoms with Gasteiger partial charge in [0.2, 0.25) is 5.91 Å². The van der Waals surface area contributed by atoms with Crippen LogP contribution in [-0.2, 0) is 28.8 Å². The first kappa shape index (κ1) is 17.1. The molecule has 1 rings (SSSR count). The van der Waals surface area contributed by atoms with Gasteiger partial charge in [0.05, 0.1) is 6.61 Å². The molecule has 0 aromatic carbocycles. The summed E-state index contributed by atoms with van der Waals surface area (Å²) < 4.78 is 5.25. The molecule has 0 spiro atoms. The van der Waals surface area contributed by atoms with E-state index in [9.17, 15) is 19.2 Å². The fourth-order valence-corrected chi connectivity index (χ4v) is 1.68. The van der Waals surface area contributed by atoms with Crippen LogP contribution < -0.4 is 5.32 Å². The Morgan fingerprint density at radius 3 is 2.43 bits per heavy atom. The molecule has 1 fully saturated rings. The van der Waals surface area contributed by atoms with E-state index in [2.05, 4.69) is 5.32 Å². The molecule has 0 aliphatic carbocycles. The minimum absolute atomic E-state index is 0.0915. The molecule has 0 bridgehead atoms. The Kier molecular flexibility index (Phi) is 7.38. The van der Waals surface area contributed by atoms with Crippen molar-refractivity contribution in [3.8, 4) is 0 Å². The second-order valence-corrected chi connectivity index (χ2v) is 4.60. The molecule has 8 nitrogen and oxygen atoms in total. The van der Waals surface area contributed by atoms with Crippen LogP contribution in [0.5, 0.6) is 0 Å². The summed E-state index contributed by atoms with van der Waals surface area (Å²) in [5.41, 5.74) is 0. The molecule has 1 heterocycles. The summed E-state index contributed by atoms with van der Waals surface area (Å²) >= 11 is 0. The van der Waals surface area contributed by atoms with Gasteiger partial charge in [-0.1, -0.05) is 0 Å². The van der Waals surface area contributed by atoms with Gasteiger partial charge in [-0.05, 0) is 12.8 Å². The summed E-state index contributed by atoms with van der Waals surface area (Å²) in [6.07, 6.45) is 1.49. The van der Waals surface area contributed by atoms with E-state index in [0.29, 0.717) is 37.7 Å². The van der Waals surface area contributed by atoms with E-state index in [-0.39, 0.29) is 25.2 Å². The minimum atomic E-state index is -0.600. The van der Waals surface area contributed by atoms with Crippen LogP contribution >= 0.6 is 0 Å². The number of nitrogens with zero attached hydrogens (tertiary/aromatic N) is 1. The maximum Gasteiger partial charge on any atom is 0.333 e. The predicted octanol–water partition coefficient (Wildman–Crippen LogP) is -0.0834. The van der Waals surface area contributed by atoms with Gasteiger partial charge in [0.1, 0.15) is 0 Å². The number of ether oxygens (including phenoxy) is 1. The van der Waals surface area contributed by atoms with Gasteiger partial charge in [-0.15, -0.1) is 5.06 Å². The third-order valence-corrected chi connectivity index (χ3v) is 2.74. The molecule has 1 saturated heterocycles. The average Bonchev–Trinajstić information content (AvgIpc) is 2.73. The van der Waals surface area contributed by atoms with E-state index >= 15 is 0 Å². The fourth-order valence-electron chi connectivity index (χ4n) is 1.68. The Bertz CT molecular complexity index is 393. The molecule has 118 valence electrons. The lowest BCUT2D eigenvalue weighted by molar-refractivity contribution is -0.197. The summed E-state index contributed by atoms with van der Waals surface area (Å²) in [5.74, 6) is -1.66. The van der Waals surface area contributed by atoms with Crippen molar-refractivity contribution in [3.05, 3.63) is 0 Å². The van der Waals surface area contributed by atoms with Gasteiger partial charge in [-0.3, -0.25) is 14.4 Å². The maximum absolute atomic E-state index is 11.4. The highest BCUT2D eigenvalue weighted by atomic mass is 16.7. The Labute approximate surface area is 122 Å². The number of hydrogen-bond donors (Lipinski definition) is 1. The van der Waals surface area contributed by atoms with Crippen molar-refractivity contribution in [1.82, 2.24) is 10.4 Å². The van der Waals surface area contributed by atoms with E-state index in [0.717, 1.165) is 0 Å². The maximum atomic E-state index is 11.4. The van der Waals surface area contributed by atoms with Crippen LogP contribution in [0.15, 0.2) is 0 Å². The van der Waals surface area contributed by atoms with E-state index in [1.807, 2.05) is 0 Å². The summed E-state index contributed by atoms with van der Waals surface area (Å²) in [7, 11) is 0. The molecule has 0 radical (unpaired) electrons. The zero-order valence-electron chi connectivity index (χ0n) is 12.1. The SMILES string of the molecule is CC(=O)NCCOCCCCC(=O)ON1C(=O)CCC1=O. The number of hydroxylamine groups is 2. The van der Waals surface area contributed by atoms with Gasteiger partial charge >= 0.3 is 5.97 Å². The van der Waals surface area contributed by atoms with Gasteiger partial charge in [-0.25, -0.2) is 4.79 Å². The lowest BCUT2D eigenvalue weighted by Gasteiger charge is -2.12. The van der Waals surface area contributed by atoms with Crippen molar-refractivity contribution in [2.75, 3.05) is 19.8 Å². The normalized spacial score (nSPS) is 14.4. The zero-order chi connectivity index (χ0) is 15.7. The molecule has 0 atom stereocenters. The van der Waals surface area contributed by atoms with Crippen LogP contribution in [0.4, 0.5) is 0 Å². The fraction of sp³-hybridized carbons (Fsp3) is 0.692. The van der Waals surface area contributed by atoms with Gasteiger partial charge in [0, 0.05) is 39.3 Å². The number of hydrogen-bond acceptors (Lipinski definition) is 6. The van der Waals surface area contributed by atoms with Gasteiger partial charge < -0.3 is 14.9 Å². The summed E-state index contributed by atoms with van der Waals surface area (Å²) in [6, 6.07) is 0. The summed E-state index contributed by atoms with van der Waals surface area (Å²) in [4.78, 5) is 49.2. The van der Waals surface area contributed by atoms with Gasteiger partial charge in [0.15, 0.2) is 0 Å². The van der Waals surface area contributed by atoms with E-state index in [4.69, 9.17) is 9.57 Å². The minimum Gasteiger partial charge on any atom is -0.380 e. The molecule has 1 aliphatic rings. The number of carbonyl (C=O) groups is 4. The topological polar surface area (TPSA) is 102 Å². The van der Waals surface area contributed by atoms with Crippen molar-refractivity contribution < 1.29 is 28.8 Å². The molecule has 21 heavy (non-hydrogen) atoms. The highest BCUT2D eigenvalue weighted by Crippen LogP contribution is 2.13. The van der Waals surface area contributed by atoms with E-state index in [1.165, 1.54) is 6.92 Å². The van der Waals surface area contributed by atoms with Crippen LogP contribution in [0, 0.1) is 0 Å². The van der Waals surface area contributed by atoms with Crippen molar-refractivity contribution in [1.29, 1.82) is 0 Å². The number of imide groups is 1. The molecule has 0 unspecified atom stereocenters. The molecule has 0 aromatic rings. The lowest BCUT2D eigenvalue weighted by atomic mass is 10.2. The van der Waals surface area contributed by atoms with Crippen molar-refractivity contribution in [3.63, 3.8) is 0 Å². The Morgan fingerprint density at radius 1 is 1.14 bits per heavy atom. The number of unbranched alkanes of at least 4 members (excludes halogenated alkanes) is 1. The Balaban J connectivity index is 2.00. The van der Waals surface area contributed by atoms with Gasteiger partial charge in [-0.2, -0.15) is 0 Å². The standard InChI is InChI=1S/C13H20N2O6/c1-10(16)14-7-9-20-8-3-2-4-13(19)21-15-11(17)5-6-12(15)18/h2-9H2,1H3,(H,14,16). The van der Waals surface area contributed by atoms with Crippen LogP contribution in [0.2, 0.25) is 0 Å². The van der Waals surface area contributed by atoms with Crippen LogP contribution in [0.25, 0.3) is 0 Å². The Morgan fingerprint density at radius 2 is 1.81 bits per heavy atom. The van der Waals surface area contributed by atoms with Crippen molar-refractivity contribution in [2.24, 2.45) is 0 Å². The molecule has 1 aliphatic heterocycles. The van der Waals surface area contributed by atoms with Gasteiger partial charge in [0.25, 0.3) is 11.8 Å². The largest absolute Gasteiger partial charge is 0.380 e. The van der Waals surface area contributed by atoms with Crippen LogP contribution in [-0.4, -0.2) is 48.5 Å². The second kappa shape index (κ2) is 9.06. The number of nitrogens with one attached hydrogen (secondary N) is 1. The monoisotopic (exact) mass is 300 g/mol. The quantitative estimate of drug-likeness (QED) is 0.472. The first-order valence-corrected chi connectivity index (χ1v) is 6.89. The molecule has 8 heteroatoms. The van der Waals surface area contributed by atoms with Crippen LogP contribution in [0.1, 0.15) is 39.0 Å². The van der Waals surface area contributed by atoms with E-state index in [1.54, 1.807) is 0 Å². The number of amides is 3. The third kappa shape index (κ3) is 6.84. The molecule has 3 amide bonds. The van der Waals surface area contributed by atoms with E-state index < -0.39 is 17.8 Å². The highest BCUT2D eigenvalue weighted by Gasteiger charge is 2.32. The van der Waals surface area contributed by atoms with Crippen molar-refractivity contribution >= 4 is 23.7 Å². The number of rotatable bonds is 9. The molecular weight excluding hydrogens is 280 g/mol. The van der Waals surface area contributed by atoms with Crippen molar-refractivity contribution in [2.45, 2.75) is 39.0 Å². The second-order valence-electron chi connectivity index (χ2n) is 4.60. The average molecular weight is 300 g/mol. The smallest absolute Gasteiger partial charge is 0.333 e. The first-order valence-electron chi connectivity index (χ1n) is 6.89. The molecular formula is C13H20N2O6. The first-order chi connectivity index (χ1) is 10.0.